The molecule has 2 rings (SSSR count). The summed E-state index contributed by atoms with van der Waals surface area (Å²) < 4.78 is 6.97. The molecule has 2 atom stereocenters. The van der Waals surface area contributed by atoms with Gasteiger partial charge < -0.3 is 5.73 Å². The first-order valence-corrected chi connectivity index (χ1v) is 7.46. The van der Waals surface area contributed by atoms with E-state index in [1.165, 1.54) is 11.5 Å². The van der Waals surface area contributed by atoms with Gasteiger partial charge in [-0.25, -0.2) is 4.98 Å². The van der Waals surface area contributed by atoms with Crippen LogP contribution >= 0.6 is 23.3 Å². The van der Waals surface area contributed by atoms with Crippen molar-refractivity contribution in [1.29, 1.82) is 0 Å². The highest BCUT2D eigenvalue weighted by Crippen LogP contribution is 2.38. The molecule has 0 aliphatic rings. The molecule has 0 spiro atoms. The van der Waals surface area contributed by atoms with Gasteiger partial charge in [0.25, 0.3) is 0 Å². The van der Waals surface area contributed by atoms with Gasteiger partial charge in [0, 0.05) is 24.8 Å². The summed E-state index contributed by atoms with van der Waals surface area (Å²) in [5.74, 6) is 0.817. The van der Waals surface area contributed by atoms with Crippen molar-refractivity contribution in [2.24, 2.45) is 12.8 Å². The van der Waals surface area contributed by atoms with Crippen LogP contribution < -0.4 is 5.73 Å². The summed E-state index contributed by atoms with van der Waals surface area (Å²) in [4.78, 5) is 4.39. The third-order valence-corrected chi connectivity index (χ3v) is 4.93. The van der Waals surface area contributed by atoms with Crippen molar-refractivity contribution in [3.05, 3.63) is 23.8 Å². The minimum atomic E-state index is 0.0865. The van der Waals surface area contributed by atoms with Gasteiger partial charge in [-0.1, -0.05) is 18.7 Å². The molecule has 2 unspecified atom stereocenters. The number of thioether (sulfide) groups is 1. The van der Waals surface area contributed by atoms with E-state index in [0.29, 0.717) is 0 Å². The Balaban J connectivity index is 2.20. The first kappa shape index (κ1) is 13.5. The van der Waals surface area contributed by atoms with Crippen molar-refractivity contribution in [2.45, 2.75) is 35.9 Å². The van der Waals surface area contributed by atoms with Crippen LogP contribution in [0, 0.1) is 6.92 Å². The molecule has 0 saturated heterocycles. The Kier molecular flexibility index (Phi) is 4.36. The second-order valence-corrected chi connectivity index (χ2v) is 6.31. The van der Waals surface area contributed by atoms with Crippen LogP contribution in [-0.2, 0) is 7.05 Å². The Hall–Kier alpha value is -0.920. The van der Waals surface area contributed by atoms with E-state index in [1.54, 1.807) is 16.4 Å². The fraction of sp³-hybridized carbons (Fsp3) is 0.545. The van der Waals surface area contributed by atoms with E-state index in [9.17, 15) is 0 Å². The zero-order valence-electron chi connectivity index (χ0n) is 10.7. The van der Waals surface area contributed by atoms with Crippen LogP contribution in [0.3, 0.4) is 0 Å². The fourth-order valence-corrected chi connectivity index (χ4v) is 3.68. The number of rotatable bonds is 5. The summed E-state index contributed by atoms with van der Waals surface area (Å²) in [6, 6.07) is 0.0865. The molecule has 5 nitrogen and oxygen atoms in total. The molecule has 0 fully saturated rings. The van der Waals surface area contributed by atoms with Crippen LogP contribution in [0.15, 0.2) is 16.7 Å². The Morgan fingerprint density at radius 3 is 2.83 bits per heavy atom. The van der Waals surface area contributed by atoms with Gasteiger partial charge in [0.05, 0.1) is 11.4 Å². The van der Waals surface area contributed by atoms with Gasteiger partial charge in [-0.2, -0.15) is 9.47 Å². The molecular formula is C11H17N5S2. The molecule has 0 saturated carbocycles. The Morgan fingerprint density at radius 1 is 1.56 bits per heavy atom. The first-order chi connectivity index (χ1) is 8.60. The molecule has 2 N–H and O–H groups in total. The molecule has 0 aromatic carbocycles. The maximum absolute atomic E-state index is 6.21. The van der Waals surface area contributed by atoms with Crippen molar-refractivity contribution in [3.63, 3.8) is 0 Å². The highest BCUT2D eigenvalue weighted by atomic mass is 32.2. The van der Waals surface area contributed by atoms with E-state index in [1.807, 2.05) is 26.4 Å². The monoisotopic (exact) mass is 283 g/mol. The Bertz CT molecular complexity index is 507. The summed E-state index contributed by atoms with van der Waals surface area (Å²) in [5.41, 5.74) is 7.35. The summed E-state index contributed by atoms with van der Waals surface area (Å²) >= 11 is 3.10. The van der Waals surface area contributed by atoms with E-state index in [-0.39, 0.29) is 11.3 Å². The minimum Gasteiger partial charge on any atom is -0.326 e. The maximum atomic E-state index is 6.21. The maximum Gasteiger partial charge on any atom is 0.170 e. The second-order valence-electron chi connectivity index (χ2n) is 4.17. The average molecular weight is 283 g/mol. The van der Waals surface area contributed by atoms with Gasteiger partial charge in [0.2, 0.25) is 0 Å². The number of nitrogens with two attached hydrogens (primary N) is 1. The highest BCUT2D eigenvalue weighted by Gasteiger charge is 2.22. The smallest absolute Gasteiger partial charge is 0.170 e. The lowest BCUT2D eigenvalue weighted by atomic mass is 10.1. The Morgan fingerprint density at radius 2 is 2.33 bits per heavy atom. The van der Waals surface area contributed by atoms with Gasteiger partial charge in [0.1, 0.15) is 5.82 Å². The van der Waals surface area contributed by atoms with Gasteiger partial charge in [0.15, 0.2) is 4.34 Å². The van der Waals surface area contributed by atoms with Gasteiger partial charge in [-0.15, -0.1) is 0 Å². The van der Waals surface area contributed by atoms with Crippen molar-refractivity contribution >= 4 is 23.3 Å². The van der Waals surface area contributed by atoms with E-state index < -0.39 is 0 Å². The fourth-order valence-electron chi connectivity index (χ4n) is 1.64. The first-order valence-electron chi connectivity index (χ1n) is 5.81. The van der Waals surface area contributed by atoms with Crippen LogP contribution in [0.1, 0.15) is 30.0 Å². The van der Waals surface area contributed by atoms with Gasteiger partial charge in [-0.3, -0.25) is 4.68 Å². The standard InChI is InChI=1S/C11H17N5S2/c1-4-9(12)10(8-5-13-16(3)6-8)17-11-14-7(2)15-18-11/h5-6,9-10H,4,12H2,1-3H3. The number of nitrogens with zero attached hydrogens (tertiary/aromatic N) is 4. The van der Waals surface area contributed by atoms with Crippen LogP contribution in [0.2, 0.25) is 0 Å². The largest absolute Gasteiger partial charge is 0.326 e. The molecule has 0 aliphatic heterocycles. The van der Waals surface area contributed by atoms with E-state index in [0.717, 1.165) is 22.1 Å². The SMILES string of the molecule is CCC(N)C(Sc1nc(C)ns1)c1cnn(C)c1. The predicted molar refractivity (Wildman–Crippen MR) is 74.7 cm³/mol. The summed E-state index contributed by atoms with van der Waals surface area (Å²) in [7, 11) is 1.91. The zero-order valence-corrected chi connectivity index (χ0v) is 12.3. The van der Waals surface area contributed by atoms with E-state index in [2.05, 4.69) is 21.4 Å². The topological polar surface area (TPSA) is 69.6 Å². The highest BCUT2D eigenvalue weighted by molar-refractivity contribution is 8.01. The third-order valence-electron chi connectivity index (χ3n) is 2.65. The summed E-state index contributed by atoms with van der Waals surface area (Å²) in [6.45, 7) is 4.00. The van der Waals surface area contributed by atoms with Crippen LogP contribution in [0.4, 0.5) is 0 Å². The molecule has 18 heavy (non-hydrogen) atoms. The number of aryl methyl sites for hydroxylation is 2. The van der Waals surface area contributed by atoms with Crippen LogP contribution in [0.25, 0.3) is 0 Å². The van der Waals surface area contributed by atoms with Gasteiger partial charge >= 0.3 is 0 Å². The lowest BCUT2D eigenvalue weighted by molar-refractivity contribution is 0.633. The van der Waals surface area contributed by atoms with E-state index in [4.69, 9.17) is 5.73 Å². The molecule has 2 aromatic rings. The molecule has 7 heteroatoms. The second kappa shape index (κ2) is 5.81. The summed E-state index contributed by atoms with van der Waals surface area (Å²) in [5, 5.41) is 4.39. The quantitative estimate of drug-likeness (QED) is 0.851. The Labute approximate surface area is 115 Å². The molecule has 0 bridgehead atoms. The molecule has 0 aliphatic carbocycles. The van der Waals surface area contributed by atoms with Crippen molar-refractivity contribution in [1.82, 2.24) is 19.1 Å². The van der Waals surface area contributed by atoms with Crippen molar-refractivity contribution < 1.29 is 0 Å². The predicted octanol–water partition coefficient (Wildman–Crippen LogP) is 2.15. The summed E-state index contributed by atoms with van der Waals surface area (Å²) in [6.07, 6.45) is 4.81. The normalized spacial score (nSPS) is 14.7. The molecule has 0 amide bonds. The zero-order chi connectivity index (χ0) is 13.1. The van der Waals surface area contributed by atoms with Crippen LogP contribution in [-0.4, -0.2) is 25.2 Å². The van der Waals surface area contributed by atoms with Crippen LogP contribution in [0.5, 0.6) is 0 Å². The molecule has 2 aromatic heterocycles. The molecule has 0 radical (unpaired) electrons. The molecule has 2 heterocycles. The number of aromatic nitrogens is 4. The van der Waals surface area contributed by atoms with Crippen molar-refractivity contribution in [3.8, 4) is 0 Å². The minimum absolute atomic E-state index is 0.0865. The number of hydrogen-bond donors (Lipinski definition) is 1. The lowest BCUT2D eigenvalue weighted by Crippen LogP contribution is -2.25. The third kappa shape index (κ3) is 3.09. The van der Waals surface area contributed by atoms with Gasteiger partial charge in [-0.05, 0) is 24.9 Å². The van der Waals surface area contributed by atoms with E-state index >= 15 is 0 Å². The molecular weight excluding hydrogens is 266 g/mol. The molecule has 98 valence electrons. The van der Waals surface area contributed by atoms with Crippen molar-refractivity contribution in [2.75, 3.05) is 0 Å². The lowest BCUT2D eigenvalue weighted by Gasteiger charge is -2.19. The number of hydrogen-bond acceptors (Lipinski definition) is 6. The average Bonchev–Trinajstić information content (AvgIpc) is 2.94.